The van der Waals surface area contributed by atoms with Gasteiger partial charge in [-0.25, -0.2) is 0 Å². The summed E-state index contributed by atoms with van der Waals surface area (Å²) in [6.07, 6.45) is -1.35. The molecule has 1 saturated carbocycles. The third-order valence-electron chi connectivity index (χ3n) is 3.39. The van der Waals surface area contributed by atoms with Gasteiger partial charge in [0.2, 0.25) is 5.91 Å². The quantitative estimate of drug-likeness (QED) is 0.710. The Morgan fingerprint density at radius 1 is 1.32 bits per heavy atom. The molecular formula is C12H21F3N2O2. The highest BCUT2D eigenvalue weighted by Crippen LogP contribution is 2.23. The summed E-state index contributed by atoms with van der Waals surface area (Å²) in [6, 6.07) is -0.644. The fraction of sp³-hybridized carbons (Fsp3) is 0.917. The predicted octanol–water partition coefficient (Wildman–Crippen LogP) is 1.19. The number of hydrogen-bond acceptors (Lipinski definition) is 3. The number of aliphatic hydroxyl groups is 1. The van der Waals surface area contributed by atoms with Crippen LogP contribution in [-0.2, 0) is 4.79 Å². The molecule has 1 rings (SSSR count). The zero-order valence-corrected chi connectivity index (χ0v) is 11.0. The van der Waals surface area contributed by atoms with Gasteiger partial charge in [-0.2, -0.15) is 13.2 Å². The van der Waals surface area contributed by atoms with Gasteiger partial charge >= 0.3 is 6.18 Å². The van der Waals surface area contributed by atoms with Crippen LogP contribution in [0.5, 0.6) is 0 Å². The number of halogens is 3. The summed E-state index contributed by atoms with van der Waals surface area (Å²) in [6.45, 7) is 0.837. The van der Waals surface area contributed by atoms with E-state index in [0.29, 0.717) is 12.5 Å². The molecule has 1 atom stereocenters. The van der Waals surface area contributed by atoms with E-state index in [4.69, 9.17) is 0 Å². The predicted molar refractivity (Wildman–Crippen MR) is 64.5 cm³/mol. The molecule has 1 aliphatic carbocycles. The third-order valence-corrected chi connectivity index (χ3v) is 3.39. The van der Waals surface area contributed by atoms with Crippen molar-refractivity contribution >= 4 is 5.91 Å². The largest absolute Gasteiger partial charge is 0.405 e. The maximum atomic E-state index is 11.9. The highest BCUT2D eigenvalue weighted by molar-refractivity contribution is 5.81. The molecule has 112 valence electrons. The minimum absolute atomic E-state index is 0.233. The third kappa shape index (κ3) is 6.77. The molecule has 4 nitrogen and oxygen atoms in total. The van der Waals surface area contributed by atoms with E-state index in [9.17, 15) is 23.1 Å². The number of carbonyl (C=O) groups is 1. The average Bonchev–Trinajstić information content (AvgIpc) is 2.34. The highest BCUT2D eigenvalue weighted by atomic mass is 19.4. The molecule has 19 heavy (non-hydrogen) atoms. The topological polar surface area (TPSA) is 61.4 Å². The first-order chi connectivity index (χ1) is 8.78. The molecule has 0 aromatic heterocycles. The molecule has 0 heterocycles. The second kappa shape index (κ2) is 7.09. The maximum Gasteiger partial charge on any atom is 0.405 e. The zero-order chi connectivity index (χ0) is 14.5. The van der Waals surface area contributed by atoms with E-state index in [0.717, 1.165) is 25.7 Å². The van der Waals surface area contributed by atoms with Crippen LogP contribution >= 0.6 is 0 Å². The summed E-state index contributed by atoms with van der Waals surface area (Å²) < 4.78 is 35.8. The summed E-state index contributed by atoms with van der Waals surface area (Å²) in [7, 11) is 0. The van der Waals surface area contributed by atoms with Crippen molar-refractivity contribution in [1.29, 1.82) is 0 Å². The van der Waals surface area contributed by atoms with Crippen LogP contribution in [0.3, 0.4) is 0 Å². The molecule has 0 aromatic rings. The van der Waals surface area contributed by atoms with Crippen LogP contribution in [0.2, 0.25) is 0 Å². The van der Waals surface area contributed by atoms with Crippen molar-refractivity contribution < 1.29 is 23.1 Å². The van der Waals surface area contributed by atoms with Gasteiger partial charge in [0.15, 0.2) is 0 Å². The van der Waals surface area contributed by atoms with Gasteiger partial charge in [0.05, 0.1) is 12.1 Å². The lowest BCUT2D eigenvalue weighted by Crippen LogP contribution is -2.46. The monoisotopic (exact) mass is 282 g/mol. The number of alkyl halides is 3. The van der Waals surface area contributed by atoms with Gasteiger partial charge in [0.25, 0.3) is 0 Å². The van der Waals surface area contributed by atoms with E-state index in [1.165, 1.54) is 0 Å². The second-order valence-electron chi connectivity index (χ2n) is 5.14. The average molecular weight is 282 g/mol. The van der Waals surface area contributed by atoms with Gasteiger partial charge in [0, 0.05) is 0 Å². The van der Waals surface area contributed by atoms with E-state index in [2.05, 4.69) is 5.32 Å². The second-order valence-corrected chi connectivity index (χ2v) is 5.14. The molecule has 1 fully saturated rings. The van der Waals surface area contributed by atoms with E-state index >= 15 is 0 Å². The lowest BCUT2D eigenvalue weighted by molar-refractivity contribution is -0.139. The lowest BCUT2D eigenvalue weighted by atomic mass is 9.87. The number of hydrogen-bond donors (Lipinski definition) is 3. The van der Waals surface area contributed by atoms with Crippen molar-refractivity contribution in [2.45, 2.75) is 50.9 Å². The fourth-order valence-electron chi connectivity index (χ4n) is 2.13. The first-order valence-corrected chi connectivity index (χ1v) is 6.54. The van der Waals surface area contributed by atoms with Crippen LogP contribution in [0.25, 0.3) is 0 Å². The zero-order valence-electron chi connectivity index (χ0n) is 11.0. The Bertz CT molecular complexity index is 289. The number of aliphatic hydroxyl groups excluding tert-OH is 1. The fourth-order valence-corrected chi connectivity index (χ4v) is 2.13. The summed E-state index contributed by atoms with van der Waals surface area (Å²) in [5, 5.41) is 14.1. The van der Waals surface area contributed by atoms with E-state index in [-0.39, 0.29) is 6.10 Å². The van der Waals surface area contributed by atoms with Gasteiger partial charge in [-0.15, -0.1) is 0 Å². The van der Waals surface area contributed by atoms with Crippen molar-refractivity contribution in [3.05, 3.63) is 0 Å². The Kier molecular flexibility index (Phi) is 6.06. The Balaban J connectivity index is 2.19. The molecule has 1 amide bonds. The number of carbonyl (C=O) groups excluding carboxylic acids is 1. The van der Waals surface area contributed by atoms with Gasteiger partial charge in [-0.3, -0.25) is 4.79 Å². The van der Waals surface area contributed by atoms with Crippen molar-refractivity contribution in [3.63, 3.8) is 0 Å². The van der Waals surface area contributed by atoms with Gasteiger partial charge in [0.1, 0.15) is 6.54 Å². The van der Waals surface area contributed by atoms with Crippen LogP contribution in [0.4, 0.5) is 13.2 Å². The van der Waals surface area contributed by atoms with Gasteiger partial charge < -0.3 is 15.7 Å². The van der Waals surface area contributed by atoms with Crippen molar-refractivity contribution in [2.75, 3.05) is 13.1 Å². The summed E-state index contributed by atoms with van der Waals surface area (Å²) in [5.41, 5.74) is 0. The summed E-state index contributed by atoms with van der Waals surface area (Å²) in [4.78, 5) is 11.4. The lowest BCUT2D eigenvalue weighted by Gasteiger charge is -2.26. The standard InChI is InChI=1S/C12H21F3N2O2/c1-8(11(19)17-7-12(13,14)15)16-6-9-2-4-10(18)5-3-9/h8-10,16,18H,2-7H2,1H3,(H,17,19). The Morgan fingerprint density at radius 2 is 1.89 bits per heavy atom. The number of amides is 1. The van der Waals surface area contributed by atoms with Crippen LogP contribution in [0.15, 0.2) is 0 Å². The minimum atomic E-state index is -4.38. The molecule has 1 unspecified atom stereocenters. The van der Waals surface area contributed by atoms with Crippen LogP contribution in [-0.4, -0.2) is 42.4 Å². The molecule has 0 spiro atoms. The number of nitrogens with one attached hydrogen (secondary N) is 2. The smallest absolute Gasteiger partial charge is 0.393 e. The molecule has 3 N–H and O–H groups in total. The first kappa shape index (κ1) is 16.2. The van der Waals surface area contributed by atoms with Crippen molar-refractivity contribution in [2.24, 2.45) is 5.92 Å². The molecule has 0 bridgehead atoms. The van der Waals surface area contributed by atoms with Gasteiger partial charge in [-0.05, 0) is 45.1 Å². The van der Waals surface area contributed by atoms with Crippen LogP contribution < -0.4 is 10.6 Å². The van der Waals surface area contributed by atoms with Gasteiger partial charge in [-0.1, -0.05) is 0 Å². The minimum Gasteiger partial charge on any atom is -0.393 e. The SMILES string of the molecule is CC(NCC1CCC(O)CC1)C(=O)NCC(F)(F)F. The summed E-state index contributed by atoms with van der Waals surface area (Å²) >= 11 is 0. The van der Waals surface area contributed by atoms with Crippen molar-refractivity contribution in [1.82, 2.24) is 10.6 Å². The molecule has 0 saturated heterocycles. The maximum absolute atomic E-state index is 11.9. The molecular weight excluding hydrogens is 261 g/mol. The Labute approximate surface area is 110 Å². The molecule has 7 heteroatoms. The van der Waals surface area contributed by atoms with Crippen molar-refractivity contribution in [3.8, 4) is 0 Å². The van der Waals surface area contributed by atoms with E-state index in [1.54, 1.807) is 6.92 Å². The number of rotatable bonds is 5. The Morgan fingerprint density at radius 3 is 2.42 bits per heavy atom. The van der Waals surface area contributed by atoms with E-state index < -0.39 is 24.7 Å². The normalized spacial score (nSPS) is 25.9. The van der Waals surface area contributed by atoms with Crippen LogP contribution in [0.1, 0.15) is 32.6 Å². The van der Waals surface area contributed by atoms with Crippen LogP contribution in [0, 0.1) is 5.92 Å². The highest BCUT2D eigenvalue weighted by Gasteiger charge is 2.29. The first-order valence-electron chi connectivity index (χ1n) is 6.54. The Hall–Kier alpha value is -0.820. The molecule has 0 aromatic carbocycles. The molecule has 0 radical (unpaired) electrons. The molecule has 0 aliphatic heterocycles. The summed E-state index contributed by atoms with van der Waals surface area (Å²) in [5.74, 6) is -0.269. The molecule has 1 aliphatic rings. The van der Waals surface area contributed by atoms with E-state index in [1.807, 2.05) is 5.32 Å².